The molecule has 0 bridgehead atoms. The maximum Gasteiger partial charge on any atom is 0.295 e. The highest BCUT2D eigenvalue weighted by atomic mass is 19.1. The standard InChI is InChI=1S/C28H31FN4O3/c1-4-31(5-2)15-10-16-32-25(20-11-9-12-21(29)17-20)24(27(35)28(32)36)26(34)23-18-30-33(19(23)3)22-13-7-6-8-14-22/h6-9,11-14,17-18,25,34H,4-5,10,15-16H2,1-3H3/b26-24+. The van der Waals surface area contributed by atoms with Crippen LogP contribution in [0.1, 0.15) is 43.1 Å². The van der Waals surface area contributed by atoms with Crippen LogP contribution in [0.4, 0.5) is 4.39 Å². The van der Waals surface area contributed by atoms with Gasteiger partial charge in [-0.3, -0.25) is 9.59 Å². The highest BCUT2D eigenvalue weighted by Crippen LogP contribution is 2.40. The Bertz CT molecular complexity index is 1280. The van der Waals surface area contributed by atoms with Crippen molar-refractivity contribution in [1.82, 2.24) is 19.6 Å². The lowest BCUT2D eigenvalue weighted by Crippen LogP contribution is -2.33. The molecule has 1 fully saturated rings. The summed E-state index contributed by atoms with van der Waals surface area (Å²) in [5.74, 6) is -2.27. The number of rotatable bonds is 9. The smallest absolute Gasteiger partial charge is 0.295 e. The van der Waals surface area contributed by atoms with Crippen LogP contribution in [-0.2, 0) is 9.59 Å². The van der Waals surface area contributed by atoms with E-state index < -0.39 is 23.5 Å². The minimum absolute atomic E-state index is 0.0517. The third-order valence-electron chi connectivity index (χ3n) is 6.74. The molecule has 0 aliphatic carbocycles. The van der Waals surface area contributed by atoms with Crippen LogP contribution in [0.2, 0.25) is 0 Å². The summed E-state index contributed by atoms with van der Waals surface area (Å²) in [7, 11) is 0. The van der Waals surface area contributed by atoms with Crippen molar-refractivity contribution in [2.75, 3.05) is 26.2 Å². The fourth-order valence-corrected chi connectivity index (χ4v) is 4.76. The van der Waals surface area contributed by atoms with E-state index in [4.69, 9.17) is 0 Å². The Labute approximate surface area is 210 Å². The summed E-state index contributed by atoms with van der Waals surface area (Å²) >= 11 is 0. The summed E-state index contributed by atoms with van der Waals surface area (Å²) in [6.45, 7) is 8.75. The van der Waals surface area contributed by atoms with E-state index in [-0.39, 0.29) is 11.3 Å². The largest absolute Gasteiger partial charge is 0.507 e. The Hall–Kier alpha value is -3.78. The second-order valence-corrected chi connectivity index (χ2v) is 8.82. The minimum atomic E-state index is -0.892. The van der Waals surface area contributed by atoms with Crippen molar-refractivity contribution < 1.29 is 19.1 Å². The zero-order chi connectivity index (χ0) is 25.8. The molecule has 1 unspecified atom stereocenters. The number of hydrogen-bond donors (Lipinski definition) is 1. The lowest BCUT2D eigenvalue weighted by atomic mass is 9.95. The number of carbonyl (C=O) groups excluding carboxylic acids is 2. The number of hydrogen-bond acceptors (Lipinski definition) is 5. The van der Waals surface area contributed by atoms with E-state index in [1.807, 2.05) is 30.3 Å². The second-order valence-electron chi connectivity index (χ2n) is 8.82. The number of aliphatic hydroxyl groups is 1. The number of aromatic nitrogens is 2. The predicted molar refractivity (Wildman–Crippen MR) is 136 cm³/mol. The molecule has 1 saturated heterocycles. The van der Waals surface area contributed by atoms with E-state index in [2.05, 4.69) is 23.8 Å². The van der Waals surface area contributed by atoms with E-state index in [0.29, 0.717) is 29.8 Å². The monoisotopic (exact) mass is 490 g/mol. The average molecular weight is 491 g/mol. The summed E-state index contributed by atoms with van der Waals surface area (Å²) in [6.07, 6.45) is 2.12. The molecule has 2 heterocycles. The van der Waals surface area contributed by atoms with E-state index >= 15 is 0 Å². The summed E-state index contributed by atoms with van der Waals surface area (Å²) in [6, 6.07) is 14.3. The number of ketones is 1. The molecule has 1 aromatic heterocycles. The first-order valence-corrected chi connectivity index (χ1v) is 12.2. The van der Waals surface area contributed by atoms with Crippen molar-refractivity contribution in [2.24, 2.45) is 0 Å². The van der Waals surface area contributed by atoms with E-state index in [1.165, 1.54) is 23.2 Å². The Morgan fingerprint density at radius 1 is 1.08 bits per heavy atom. The molecule has 3 aromatic rings. The van der Waals surface area contributed by atoms with Crippen molar-refractivity contribution in [3.05, 3.63) is 89.0 Å². The number of nitrogens with zero attached hydrogens (tertiary/aromatic N) is 4. The average Bonchev–Trinajstić information content (AvgIpc) is 3.39. The maximum absolute atomic E-state index is 14.2. The third kappa shape index (κ3) is 4.81. The van der Waals surface area contributed by atoms with Crippen LogP contribution in [0.3, 0.4) is 0 Å². The van der Waals surface area contributed by atoms with E-state index in [0.717, 1.165) is 25.3 Å². The van der Waals surface area contributed by atoms with Crippen molar-refractivity contribution in [2.45, 2.75) is 33.2 Å². The summed E-state index contributed by atoms with van der Waals surface area (Å²) < 4.78 is 15.9. The number of aliphatic hydroxyl groups excluding tert-OH is 1. The Morgan fingerprint density at radius 3 is 2.47 bits per heavy atom. The lowest BCUT2D eigenvalue weighted by molar-refractivity contribution is -0.140. The van der Waals surface area contributed by atoms with Gasteiger partial charge < -0.3 is 14.9 Å². The van der Waals surface area contributed by atoms with Crippen LogP contribution < -0.4 is 0 Å². The Kier molecular flexibility index (Phi) is 7.64. The van der Waals surface area contributed by atoms with Crippen LogP contribution in [-0.4, -0.2) is 62.6 Å². The van der Waals surface area contributed by atoms with Crippen molar-refractivity contribution in [3.8, 4) is 5.69 Å². The molecule has 1 aliphatic heterocycles. The SMILES string of the molecule is CCN(CC)CCCN1C(=O)C(=O)/C(=C(/O)c2cnn(-c3ccccc3)c2C)C1c1cccc(F)c1. The molecule has 1 atom stereocenters. The molecule has 2 aromatic carbocycles. The lowest BCUT2D eigenvalue weighted by Gasteiger charge is -2.26. The molecule has 1 N–H and O–H groups in total. The Morgan fingerprint density at radius 2 is 1.81 bits per heavy atom. The van der Waals surface area contributed by atoms with Crippen LogP contribution in [0.25, 0.3) is 11.4 Å². The molecule has 36 heavy (non-hydrogen) atoms. The number of halogens is 1. The van der Waals surface area contributed by atoms with Gasteiger partial charge >= 0.3 is 0 Å². The first-order chi connectivity index (χ1) is 17.4. The normalized spacial score (nSPS) is 17.4. The fraction of sp³-hybridized carbons (Fsp3) is 0.321. The number of amides is 1. The van der Waals surface area contributed by atoms with E-state index in [1.54, 1.807) is 23.7 Å². The molecule has 188 valence electrons. The molecule has 7 nitrogen and oxygen atoms in total. The van der Waals surface area contributed by atoms with Gasteiger partial charge in [0.2, 0.25) is 0 Å². The highest BCUT2D eigenvalue weighted by molar-refractivity contribution is 6.46. The van der Waals surface area contributed by atoms with Gasteiger partial charge in [0, 0.05) is 6.54 Å². The molecule has 0 radical (unpaired) electrons. The molecule has 1 amide bonds. The van der Waals surface area contributed by atoms with Crippen molar-refractivity contribution >= 4 is 17.4 Å². The van der Waals surface area contributed by atoms with Gasteiger partial charge in [-0.15, -0.1) is 0 Å². The van der Waals surface area contributed by atoms with Crippen LogP contribution in [0.15, 0.2) is 66.4 Å². The van der Waals surface area contributed by atoms with Gasteiger partial charge in [0.05, 0.1) is 34.8 Å². The predicted octanol–water partition coefficient (Wildman–Crippen LogP) is 4.47. The van der Waals surface area contributed by atoms with Gasteiger partial charge in [-0.05, 0) is 62.8 Å². The molecule has 4 rings (SSSR count). The van der Waals surface area contributed by atoms with Crippen LogP contribution >= 0.6 is 0 Å². The summed E-state index contributed by atoms with van der Waals surface area (Å²) in [5.41, 5.74) is 2.15. The molecular formula is C28H31FN4O3. The molecule has 1 aliphatic rings. The summed E-state index contributed by atoms with van der Waals surface area (Å²) in [5, 5.41) is 15.8. The number of carbonyl (C=O) groups is 2. The molecule has 8 heteroatoms. The molecule has 0 saturated carbocycles. The zero-order valence-electron chi connectivity index (χ0n) is 20.8. The number of para-hydroxylation sites is 1. The van der Waals surface area contributed by atoms with Gasteiger partial charge in [-0.1, -0.05) is 44.2 Å². The van der Waals surface area contributed by atoms with E-state index in [9.17, 15) is 19.1 Å². The fourth-order valence-electron chi connectivity index (χ4n) is 4.76. The number of Topliss-reactive ketones (excluding diaryl/α,β-unsaturated/α-hetero) is 1. The highest BCUT2D eigenvalue weighted by Gasteiger charge is 2.46. The van der Waals surface area contributed by atoms with Gasteiger partial charge in [0.25, 0.3) is 11.7 Å². The molecule has 0 spiro atoms. The third-order valence-corrected chi connectivity index (χ3v) is 6.74. The molecular weight excluding hydrogens is 459 g/mol. The van der Waals surface area contributed by atoms with Gasteiger partial charge in [0.1, 0.15) is 11.6 Å². The van der Waals surface area contributed by atoms with Crippen molar-refractivity contribution in [3.63, 3.8) is 0 Å². The van der Waals surface area contributed by atoms with Crippen molar-refractivity contribution in [1.29, 1.82) is 0 Å². The van der Waals surface area contributed by atoms with Gasteiger partial charge in [-0.2, -0.15) is 5.10 Å². The number of benzene rings is 2. The quantitative estimate of drug-likeness (QED) is 0.272. The number of likely N-dealkylation sites (tertiary alicyclic amines) is 1. The maximum atomic E-state index is 14.2. The zero-order valence-corrected chi connectivity index (χ0v) is 20.8. The first-order valence-electron chi connectivity index (χ1n) is 12.2. The van der Waals surface area contributed by atoms with Crippen LogP contribution in [0, 0.1) is 12.7 Å². The topological polar surface area (TPSA) is 78.7 Å². The first kappa shape index (κ1) is 25.3. The Balaban J connectivity index is 1.77. The second kappa shape index (κ2) is 10.9. The minimum Gasteiger partial charge on any atom is -0.507 e. The van der Waals surface area contributed by atoms with Gasteiger partial charge in [-0.25, -0.2) is 9.07 Å². The van der Waals surface area contributed by atoms with Crippen LogP contribution in [0.5, 0.6) is 0 Å². The van der Waals surface area contributed by atoms with Gasteiger partial charge in [0.15, 0.2) is 0 Å². The summed E-state index contributed by atoms with van der Waals surface area (Å²) in [4.78, 5) is 30.1.